The van der Waals surface area contributed by atoms with Gasteiger partial charge < -0.3 is 9.88 Å². The van der Waals surface area contributed by atoms with Crippen LogP contribution < -0.4 is 10.9 Å². The molecule has 2 aromatic heterocycles. The molecule has 0 aromatic carbocycles. The number of nitrogens with zero attached hydrogens (tertiary/aromatic N) is 2. The van der Waals surface area contributed by atoms with Crippen LogP contribution in [0.25, 0.3) is 0 Å². The van der Waals surface area contributed by atoms with Crippen LogP contribution in [-0.4, -0.2) is 15.5 Å². The van der Waals surface area contributed by atoms with E-state index in [1.54, 1.807) is 11.6 Å². The van der Waals surface area contributed by atoms with Crippen molar-refractivity contribution < 1.29 is 9.18 Å². The fraction of sp³-hybridized carbons (Fsp3) is 0.100. The number of carbonyl (C=O) groups excluding carboxylic acids is 1. The van der Waals surface area contributed by atoms with Gasteiger partial charge in [-0.25, -0.2) is 9.37 Å². The SMILES string of the molecule is O=C(Cn1cc(F)ccc1=O)Nc1nccs1. The largest absolute Gasteiger partial charge is 0.303 e. The molecule has 1 N–H and O–H groups in total. The van der Waals surface area contributed by atoms with Gasteiger partial charge in [-0.15, -0.1) is 11.3 Å². The highest BCUT2D eigenvalue weighted by Crippen LogP contribution is 2.09. The first-order valence-electron chi connectivity index (χ1n) is 4.70. The summed E-state index contributed by atoms with van der Waals surface area (Å²) in [6, 6.07) is 2.13. The minimum absolute atomic E-state index is 0.240. The molecule has 0 spiro atoms. The van der Waals surface area contributed by atoms with E-state index in [0.717, 1.165) is 22.9 Å². The van der Waals surface area contributed by atoms with Crippen molar-refractivity contribution >= 4 is 22.4 Å². The number of hydrogen-bond donors (Lipinski definition) is 1. The maximum absolute atomic E-state index is 12.9. The molecule has 0 bridgehead atoms. The summed E-state index contributed by atoms with van der Waals surface area (Å²) in [5.74, 6) is -0.987. The highest BCUT2D eigenvalue weighted by atomic mass is 32.1. The summed E-state index contributed by atoms with van der Waals surface area (Å²) < 4.78 is 13.9. The third-order valence-corrected chi connectivity index (χ3v) is 2.63. The minimum Gasteiger partial charge on any atom is -0.303 e. The van der Waals surface area contributed by atoms with E-state index < -0.39 is 17.3 Å². The van der Waals surface area contributed by atoms with Gasteiger partial charge in [-0.05, 0) is 6.07 Å². The van der Waals surface area contributed by atoms with Crippen molar-refractivity contribution in [1.82, 2.24) is 9.55 Å². The molecule has 2 aromatic rings. The van der Waals surface area contributed by atoms with Gasteiger partial charge in [0.1, 0.15) is 12.4 Å². The predicted octanol–water partition coefficient (Wildman–Crippen LogP) is 1.08. The number of aromatic nitrogens is 2. The first-order valence-corrected chi connectivity index (χ1v) is 5.58. The fourth-order valence-electron chi connectivity index (χ4n) is 1.22. The third-order valence-electron chi connectivity index (χ3n) is 1.94. The molecule has 0 saturated carbocycles. The highest BCUT2D eigenvalue weighted by molar-refractivity contribution is 7.13. The van der Waals surface area contributed by atoms with Crippen molar-refractivity contribution in [3.8, 4) is 0 Å². The third kappa shape index (κ3) is 2.97. The van der Waals surface area contributed by atoms with Crippen LogP contribution in [0.15, 0.2) is 34.7 Å². The van der Waals surface area contributed by atoms with E-state index in [9.17, 15) is 14.0 Å². The Morgan fingerprint density at radius 3 is 3.06 bits per heavy atom. The predicted molar refractivity (Wildman–Crippen MR) is 61.4 cm³/mol. The standard InChI is InChI=1S/C10H8FN3O2S/c11-7-1-2-9(16)14(5-7)6-8(15)13-10-12-3-4-17-10/h1-5H,6H2,(H,12,13,15). The van der Waals surface area contributed by atoms with Crippen molar-refractivity contribution in [3.05, 3.63) is 46.1 Å². The fourth-order valence-corrected chi connectivity index (χ4v) is 1.77. The molecule has 2 heterocycles. The van der Waals surface area contributed by atoms with E-state index in [0.29, 0.717) is 5.13 Å². The summed E-state index contributed by atoms with van der Waals surface area (Å²) in [5, 5.41) is 4.66. The number of halogens is 1. The maximum atomic E-state index is 12.9. The summed E-state index contributed by atoms with van der Waals surface area (Å²) in [6.07, 6.45) is 2.54. The van der Waals surface area contributed by atoms with Gasteiger partial charge in [0.25, 0.3) is 5.56 Å². The van der Waals surface area contributed by atoms with Crippen LogP contribution in [0.4, 0.5) is 9.52 Å². The van der Waals surface area contributed by atoms with Crippen molar-refractivity contribution in [1.29, 1.82) is 0 Å². The van der Waals surface area contributed by atoms with E-state index >= 15 is 0 Å². The van der Waals surface area contributed by atoms with Gasteiger partial charge in [0.15, 0.2) is 5.13 Å². The lowest BCUT2D eigenvalue weighted by Crippen LogP contribution is -2.27. The number of pyridine rings is 1. The molecule has 0 saturated heterocycles. The van der Waals surface area contributed by atoms with Crippen LogP contribution in [-0.2, 0) is 11.3 Å². The summed E-state index contributed by atoms with van der Waals surface area (Å²) in [6.45, 7) is -0.240. The van der Waals surface area contributed by atoms with Gasteiger partial charge in [0.2, 0.25) is 5.91 Å². The zero-order valence-corrected chi connectivity index (χ0v) is 9.41. The van der Waals surface area contributed by atoms with Gasteiger partial charge in [-0.2, -0.15) is 0 Å². The van der Waals surface area contributed by atoms with Crippen molar-refractivity contribution in [2.45, 2.75) is 6.54 Å². The number of rotatable bonds is 3. The molecule has 0 fully saturated rings. The molecule has 0 atom stereocenters. The first kappa shape index (κ1) is 11.5. The normalized spacial score (nSPS) is 10.2. The van der Waals surface area contributed by atoms with Crippen LogP contribution in [0.2, 0.25) is 0 Å². The van der Waals surface area contributed by atoms with Crippen LogP contribution in [0, 0.1) is 5.82 Å². The lowest BCUT2D eigenvalue weighted by Gasteiger charge is -2.04. The Bertz CT molecular complexity index is 579. The van der Waals surface area contributed by atoms with Gasteiger partial charge in [-0.3, -0.25) is 9.59 Å². The Labute approximate surface area is 99.5 Å². The molecule has 0 aliphatic heterocycles. The van der Waals surface area contributed by atoms with E-state index in [4.69, 9.17) is 0 Å². The summed E-state index contributed by atoms with van der Waals surface area (Å²) >= 11 is 1.26. The number of hydrogen-bond acceptors (Lipinski definition) is 4. The second kappa shape index (κ2) is 4.88. The average Bonchev–Trinajstić information content (AvgIpc) is 2.76. The van der Waals surface area contributed by atoms with Gasteiger partial charge in [0.05, 0.1) is 0 Å². The van der Waals surface area contributed by atoms with Gasteiger partial charge in [-0.1, -0.05) is 0 Å². The molecule has 0 unspecified atom stereocenters. The maximum Gasteiger partial charge on any atom is 0.251 e. The number of nitrogens with one attached hydrogen (secondary N) is 1. The molecule has 2 rings (SSSR count). The van der Waals surface area contributed by atoms with E-state index in [-0.39, 0.29) is 6.54 Å². The average molecular weight is 253 g/mol. The summed E-state index contributed by atoms with van der Waals surface area (Å²) in [5.41, 5.74) is -0.430. The van der Waals surface area contributed by atoms with Crippen LogP contribution in [0.1, 0.15) is 0 Å². The Kier molecular flexibility index (Phi) is 3.29. The number of thiazole rings is 1. The summed E-state index contributed by atoms with van der Waals surface area (Å²) in [4.78, 5) is 26.7. The molecular weight excluding hydrogens is 245 g/mol. The molecule has 7 heteroatoms. The lowest BCUT2D eigenvalue weighted by atomic mass is 10.4. The Morgan fingerprint density at radius 1 is 1.53 bits per heavy atom. The molecule has 0 aliphatic carbocycles. The number of amides is 1. The van der Waals surface area contributed by atoms with Crippen molar-refractivity contribution in [2.24, 2.45) is 0 Å². The molecule has 88 valence electrons. The van der Waals surface area contributed by atoms with Crippen molar-refractivity contribution in [3.63, 3.8) is 0 Å². The second-order valence-corrected chi connectivity index (χ2v) is 4.09. The molecule has 0 radical (unpaired) electrons. The van der Waals surface area contributed by atoms with Crippen LogP contribution in [0.5, 0.6) is 0 Å². The zero-order chi connectivity index (χ0) is 12.3. The molecular formula is C10H8FN3O2S. The van der Waals surface area contributed by atoms with Gasteiger partial charge in [0, 0.05) is 23.8 Å². The molecule has 17 heavy (non-hydrogen) atoms. The van der Waals surface area contributed by atoms with E-state index in [1.165, 1.54) is 11.3 Å². The first-order chi connectivity index (χ1) is 8.15. The Balaban J connectivity index is 2.08. The summed E-state index contributed by atoms with van der Waals surface area (Å²) in [7, 11) is 0. The number of carbonyl (C=O) groups is 1. The van der Waals surface area contributed by atoms with Crippen LogP contribution in [0.3, 0.4) is 0 Å². The molecule has 0 aliphatic rings. The molecule has 1 amide bonds. The smallest absolute Gasteiger partial charge is 0.251 e. The van der Waals surface area contributed by atoms with E-state index in [1.807, 2.05) is 0 Å². The lowest BCUT2D eigenvalue weighted by molar-refractivity contribution is -0.116. The highest BCUT2D eigenvalue weighted by Gasteiger charge is 2.06. The van der Waals surface area contributed by atoms with Crippen LogP contribution >= 0.6 is 11.3 Å². The topological polar surface area (TPSA) is 64.0 Å². The minimum atomic E-state index is -0.563. The number of anilines is 1. The Hall–Kier alpha value is -2.02. The Morgan fingerprint density at radius 2 is 2.35 bits per heavy atom. The second-order valence-electron chi connectivity index (χ2n) is 3.20. The quantitative estimate of drug-likeness (QED) is 0.890. The monoisotopic (exact) mass is 253 g/mol. The van der Waals surface area contributed by atoms with Gasteiger partial charge >= 0.3 is 0 Å². The van der Waals surface area contributed by atoms with Crippen molar-refractivity contribution in [2.75, 3.05) is 5.32 Å². The zero-order valence-electron chi connectivity index (χ0n) is 8.59. The molecule has 5 nitrogen and oxygen atoms in total. The van der Waals surface area contributed by atoms with E-state index in [2.05, 4.69) is 10.3 Å².